The number of likely N-dealkylation sites (tertiary alicyclic amines) is 1. The van der Waals surface area contributed by atoms with E-state index in [1.807, 2.05) is 64.1 Å². The topological polar surface area (TPSA) is 55.2 Å². The van der Waals surface area contributed by atoms with Gasteiger partial charge in [0.2, 0.25) is 5.91 Å². The van der Waals surface area contributed by atoms with E-state index in [1.54, 1.807) is 6.33 Å². The van der Waals surface area contributed by atoms with Gasteiger partial charge >= 0.3 is 0 Å². The molecule has 1 amide bonds. The van der Waals surface area contributed by atoms with Gasteiger partial charge in [0.1, 0.15) is 12.3 Å². The quantitative estimate of drug-likeness (QED) is 0.702. The van der Waals surface area contributed by atoms with Crippen LogP contribution in [0.2, 0.25) is 0 Å². The molecule has 0 N–H and O–H groups in total. The van der Waals surface area contributed by atoms with Crippen molar-refractivity contribution in [2.45, 2.75) is 25.8 Å². The number of imidazole rings is 1. The molecule has 1 aliphatic heterocycles. The fourth-order valence-corrected chi connectivity index (χ4v) is 3.79. The van der Waals surface area contributed by atoms with Crippen LogP contribution >= 0.6 is 0 Å². The monoisotopic (exact) mass is 361 g/mol. The average molecular weight is 361 g/mol. The lowest BCUT2D eigenvalue weighted by Gasteiger charge is -2.32. The third kappa shape index (κ3) is 3.92. The third-order valence-corrected chi connectivity index (χ3v) is 5.28. The number of amides is 1. The Morgan fingerprint density at radius 3 is 2.67 bits per heavy atom. The van der Waals surface area contributed by atoms with Gasteiger partial charge in [-0.05, 0) is 30.5 Å². The molecule has 1 aliphatic rings. The second kappa shape index (κ2) is 7.74. The van der Waals surface area contributed by atoms with E-state index in [1.165, 1.54) is 0 Å². The molecule has 0 saturated carbocycles. The normalized spacial score (nSPS) is 17.2. The van der Waals surface area contributed by atoms with E-state index in [2.05, 4.69) is 4.98 Å². The van der Waals surface area contributed by atoms with E-state index >= 15 is 0 Å². The second-order valence-corrected chi connectivity index (χ2v) is 7.17. The Bertz CT molecular complexity index is 948. The molecule has 27 heavy (non-hydrogen) atoms. The maximum absolute atomic E-state index is 12.8. The summed E-state index contributed by atoms with van der Waals surface area (Å²) >= 11 is 0. The van der Waals surface area contributed by atoms with Crippen molar-refractivity contribution in [3.05, 3.63) is 66.5 Å². The average Bonchev–Trinajstić information content (AvgIpc) is 3.12. The number of hydrogen-bond acceptors (Lipinski definition) is 3. The number of carbonyl (C=O) groups excluding carboxylic acids is 2. The molecule has 1 atom stereocenters. The molecule has 0 spiro atoms. The minimum Gasteiger partial charge on any atom is -0.340 e. The van der Waals surface area contributed by atoms with Crippen molar-refractivity contribution in [1.82, 2.24) is 14.5 Å². The third-order valence-electron chi connectivity index (χ3n) is 5.28. The van der Waals surface area contributed by atoms with E-state index in [0.717, 1.165) is 36.0 Å². The summed E-state index contributed by atoms with van der Waals surface area (Å²) < 4.78 is 1.88. The summed E-state index contributed by atoms with van der Waals surface area (Å²) in [5.41, 5.74) is 2.88. The number of rotatable bonds is 5. The van der Waals surface area contributed by atoms with Gasteiger partial charge in [-0.25, -0.2) is 4.98 Å². The van der Waals surface area contributed by atoms with Crippen LogP contribution in [0, 0.1) is 5.92 Å². The molecule has 5 nitrogen and oxygen atoms in total. The van der Waals surface area contributed by atoms with Crippen LogP contribution in [0.5, 0.6) is 0 Å². The molecule has 0 unspecified atom stereocenters. The molecule has 5 heteroatoms. The van der Waals surface area contributed by atoms with Gasteiger partial charge in [0.05, 0.1) is 17.4 Å². The summed E-state index contributed by atoms with van der Waals surface area (Å²) in [6, 6.07) is 17.6. The minimum atomic E-state index is -0.0672. The zero-order valence-electron chi connectivity index (χ0n) is 15.3. The van der Waals surface area contributed by atoms with Crippen LogP contribution in [0.4, 0.5) is 0 Å². The van der Waals surface area contributed by atoms with Gasteiger partial charge in [0, 0.05) is 25.4 Å². The van der Waals surface area contributed by atoms with Gasteiger partial charge in [0.15, 0.2) is 0 Å². The van der Waals surface area contributed by atoms with Gasteiger partial charge in [-0.1, -0.05) is 42.5 Å². The smallest absolute Gasteiger partial charge is 0.242 e. The predicted molar refractivity (Wildman–Crippen MR) is 104 cm³/mol. The molecular weight excluding hydrogens is 338 g/mol. The summed E-state index contributed by atoms with van der Waals surface area (Å²) in [5, 5.41) is 0. The Balaban J connectivity index is 1.40. The van der Waals surface area contributed by atoms with Crippen LogP contribution in [-0.4, -0.2) is 39.2 Å². The van der Waals surface area contributed by atoms with Gasteiger partial charge in [0.25, 0.3) is 0 Å². The Labute approximate surface area is 158 Å². The predicted octanol–water partition coefficient (Wildman–Crippen LogP) is 3.09. The molecule has 4 rings (SSSR count). The lowest BCUT2D eigenvalue weighted by atomic mass is 9.90. The molecule has 138 valence electrons. The Hall–Kier alpha value is -2.95. The molecule has 1 saturated heterocycles. The van der Waals surface area contributed by atoms with E-state index in [0.29, 0.717) is 13.0 Å². The molecule has 2 aromatic carbocycles. The number of carbonyl (C=O) groups is 2. The zero-order chi connectivity index (χ0) is 18.6. The lowest BCUT2D eigenvalue weighted by Crippen LogP contribution is -2.43. The van der Waals surface area contributed by atoms with Crippen LogP contribution in [-0.2, 0) is 22.6 Å². The van der Waals surface area contributed by atoms with Crippen molar-refractivity contribution in [1.29, 1.82) is 0 Å². The van der Waals surface area contributed by atoms with Crippen molar-refractivity contribution in [3.8, 4) is 0 Å². The van der Waals surface area contributed by atoms with Crippen molar-refractivity contribution >= 4 is 22.7 Å². The molecule has 0 aliphatic carbocycles. The van der Waals surface area contributed by atoms with Gasteiger partial charge in [-0.3, -0.25) is 9.59 Å². The van der Waals surface area contributed by atoms with E-state index in [-0.39, 0.29) is 24.2 Å². The molecule has 3 aromatic rings. The molecular formula is C22H23N3O2. The number of ketones is 1. The van der Waals surface area contributed by atoms with E-state index in [4.69, 9.17) is 0 Å². The standard InChI is InChI=1S/C22H23N3O2/c26-21(13-17-7-2-1-3-8-17)18-9-6-12-24(14-18)22(27)15-25-16-23-19-10-4-5-11-20(19)25/h1-5,7-8,10-11,16,18H,6,9,12-15H2/t18-/m0/s1. The van der Waals surface area contributed by atoms with E-state index in [9.17, 15) is 9.59 Å². The fourth-order valence-electron chi connectivity index (χ4n) is 3.79. The first-order valence-corrected chi connectivity index (χ1v) is 9.45. The van der Waals surface area contributed by atoms with Crippen molar-refractivity contribution in [3.63, 3.8) is 0 Å². The fraction of sp³-hybridized carbons (Fsp3) is 0.318. The van der Waals surface area contributed by atoms with Crippen LogP contribution in [0.1, 0.15) is 18.4 Å². The lowest BCUT2D eigenvalue weighted by molar-refractivity contribution is -0.135. The van der Waals surface area contributed by atoms with Crippen LogP contribution in [0.25, 0.3) is 11.0 Å². The summed E-state index contributed by atoms with van der Waals surface area (Å²) in [6.45, 7) is 1.51. The molecule has 1 aromatic heterocycles. The molecule has 0 radical (unpaired) electrons. The number of fused-ring (bicyclic) bond motifs is 1. The zero-order valence-corrected chi connectivity index (χ0v) is 15.3. The Morgan fingerprint density at radius 1 is 1.04 bits per heavy atom. The first-order chi connectivity index (χ1) is 13.2. The molecule has 1 fully saturated rings. The minimum absolute atomic E-state index is 0.0513. The number of para-hydroxylation sites is 2. The number of hydrogen-bond donors (Lipinski definition) is 0. The van der Waals surface area contributed by atoms with Crippen LogP contribution in [0.15, 0.2) is 60.9 Å². The first kappa shape index (κ1) is 17.5. The number of nitrogens with zero attached hydrogens (tertiary/aromatic N) is 3. The summed E-state index contributed by atoms with van der Waals surface area (Å²) in [7, 11) is 0. The highest BCUT2D eigenvalue weighted by molar-refractivity contribution is 5.85. The number of aromatic nitrogens is 2. The highest BCUT2D eigenvalue weighted by Crippen LogP contribution is 2.20. The number of benzene rings is 2. The Kier molecular flexibility index (Phi) is 5.01. The van der Waals surface area contributed by atoms with Crippen LogP contribution in [0.3, 0.4) is 0 Å². The highest BCUT2D eigenvalue weighted by Gasteiger charge is 2.28. The Morgan fingerprint density at radius 2 is 1.81 bits per heavy atom. The largest absolute Gasteiger partial charge is 0.340 e. The first-order valence-electron chi connectivity index (χ1n) is 9.45. The van der Waals surface area contributed by atoms with Gasteiger partial charge in [-0.2, -0.15) is 0 Å². The summed E-state index contributed by atoms with van der Waals surface area (Å²) in [6.07, 6.45) is 3.90. The van der Waals surface area contributed by atoms with Crippen LogP contribution < -0.4 is 0 Å². The molecule has 0 bridgehead atoms. The molecule has 2 heterocycles. The van der Waals surface area contributed by atoms with Crippen molar-refractivity contribution in [2.75, 3.05) is 13.1 Å². The van der Waals surface area contributed by atoms with Gasteiger partial charge < -0.3 is 9.47 Å². The maximum atomic E-state index is 12.8. The maximum Gasteiger partial charge on any atom is 0.242 e. The SMILES string of the molecule is O=C(Cc1ccccc1)[C@H]1CCCN(C(=O)Cn2cnc3ccccc32)C1. The second-order valence-electron chi connectivity index (χ2n) is 7.17. The van der Waals surface area contributed by atoms with Crippen molar-refractivity contribution < 1.29 is 9.59 Å². The number of Topliss-reactive ketones (excluding diaryl/α,β-unsaturated/α-hetero) is 1. The summed E-state index contributed by atoms with van der Waals surface area (Å²) in [4.78, 5) is 31.7. The highest BCUT2D eigenvalue weighted by atomic mass is 16.2. The summed E-state index contributed by atoms with van der Waals surface area (Å²) in [5.74, 6) is 0.213. The number of piperidine rings is 1. The van der Waals surface area contributed by atoms with Gasteiger partial charge in [-0.15, -0.1) is 0 Å². The van der Waals surface area contributed by atoms with E-state index < -0.39 is 0 Å². The van der Waals surface area contributed by atoms with Crippen molar-refractivity contribution in [2.24, 2.45) is 5.92 Å².